The van der Waals surface area contributed by atoms with E-state index in [0.29, 0.717) is 6.54 Å². The molecular formula is C18H29IN4O2. The van der Waals surface area contributed by atoms with Gasteiger partial charge in [-0.15, -0.1) is 24.0 Å². The summed E-state index contributed by atoms with van der Waals surface area (Å²) in [4.78, 5) is 6.95. The smallest absolute Gasteiger partial charge is 0.191 e. The fourth-order valence-corrected chi connectivity index (χ4v) is 3.09. The number of halogens is 1. The normalized spacial score (nSPS) is 23.4. The van der Waals surface area contributed by atoms with E-state index in [1.54, 1.807) is 0 Å². The minimum atomic E-state index is 0. The summed E-state index contributed by atoms with van der Waals surface area (Å²) in [5.74, 6) is 1.83. The molecule has 140 valence electrons. The van der Waals surface area contributed by atoms with Gasteiger partial charge in [0.15, 0.2) is 5.96 Å². The molecule has 2 N–H and O–H groups in total. The molecular weight excluding hydrogens is 431 g/mol. The monoisotopic (exact) mass is 460 g/mol. The maximum absolute atomic E-state index is 5.97. The number of nitrogens with one attached hydrogen (secondary N) is 2. The van der Waals surface area contributed by atoms with Crippen LogP contribution in [0.4, 0.5) is 0 Å². The Morgan fingerprint density at radius 3 is 2.88 bits per heavy atom. The second-order valence-corrected chi connectivity index (χ2v) is 6.41. The molecule has 0 aliphatic carbocycles. The zero-order chi connectivity index (χ0) is 16.8. The van der Waals surface area contributed by atoms with Crippen LogP contribution in [0, 0.1) is 0 Å². The van der Waals surface area contributed by atoms with Crippen LogP contribution >= 0.6 is 24.0 Å². The molecule has 1 fully saturated rings. The number of hydrogen-bond donors (Lipinski definition) is 2. The first-order chi connectivity index (χ1) is 11.7. The molecule has 0 bridgehead atoms. The summed E-state index contributed by atoms with van der Waals surface area (Å²) in [6, 6.07) is 8.24. The van der Waals surface area contributed by atoms with Gasteiger partial charge in [0.25, 0.3) is 0 Å². The second-order valence-electron chi connectivity index (χ2n) is 6.41. The van der Waals surface area contributed by atoms with Crippen molar-refractivity contribution < 1.29 is 9.47 Å². The van der Waals surface area contributed by atoms with Crippen molar-refractivity contribution in [1.29, 1.82) is 0 Å². The highest BCUT2D eigenvalue weighted by atomic mass is 127. The van der Waals surface area contributed by atoms with E-state index in [0.717, 1.165) is 50.9 Å². The number of likely N-dealkylation sites (N-methyl/N-ethyl adjacent to an activating group) is 1. The molecule has 2 atom stereocenters. The molecule has 2 aliphatic heterocycles. The van der Waals surface area contributed by atoms with Gasteiger partial charge in [-0.2, -0.15) is 0 Å². The number of guanidine groups is 1. The van der Waals surface area contributed by atoms with Gasteiger partial charge in [-0.1, -0.05) is 18.2 Å². The highest BCUT2D eigenvalue weighted by molar-refractivity contribution is 14.0. The summed E-state index contributed by atoms with van der Waals surface area (Å²) < 4.78 is 11.7. The molecule has 2 aliphatic rings. The Balaban J connectivity index is 0.00000225. The zero-order valence-corrected chi connectivity index (χ0v) is 17.4. The Bertz CT molecular complexity index is 545. The van der Waals surface area contributed by atoms with Crippen LogP contribution in [0.15, 0.2) is 29.3 Å². The number of rotatable bonds is 5. The predicted octanol–water partition coefficient (Wildman–Crippen LogP) is 1.49. The average Bonchev–Trinajstić information content (AvgIpc) is 3.00. The van der Waals surface area contributed by atoms with Gasteiger partial charge in [0.2, 0.25) is 0 Å². The maximum Gasteiger partial charge on any atom is 0.191 e. The Kier molecular flexibility index (Phi) is 8.25. The Morgan fingerprint density at radius 2 is 2.12 bits per heavy atom. The fraction of sp³-hybridized carbons (Fsp3) is 0.611. The van der Waals surface area contributed by atoms with E-state index in [4.69, 9.17) is 9.47 Å². The average molecular weight is 460 g/mol. The maximum atomic E-state index is 5.97. The van der Waals surface area contributed by atoms with Gasteiger partial charge in [0.05, 0.1) is 25.8 Å². The molecule has 1 aromatic carbocycles. The van der Waals surface area contributed by atoms with Gasteiger partial charge in [-0.3, -0.25) is 4.99 Å². The van der Waals surface area contributed by atoms with Crippen molar-refractivity contribution in [3.8, 4) is 5.75 Å². The molecule has 0 radical (unpaired) electrons. The number of hydrogen-bond acceptors (Lipinski definition) is 4. The van der Waals surface area contributed by atoms with Crippen LogP contribution in [-0.2, 0) is 11.2 Å². The number of ether oxygens (including phenoxy) is 2. The van der Waals surface area contributed by atoms with E-state index in [1.165, 1.54) is 5.56 Å². The first kappa shape index (κ1) is 20.3. The lowest BCUT2D eigenvalue weighted by Gasteiger charge is -2.29. The van der Waals surface area contributed by atoms with Crippen LogP contribution in [0.1, 0.15) is 12.5 Å². The number of nitrogens with zero attached hydrogens (tertiary/aromatic N) is 2. The van der Waals surface area contributed by atoms with Gasteiger partial charge in [-0.25, -0.2) is 0 Å². The SMILES string of the molecule is CCNC(=NCC1CN(C)CCO1)NCC1Cc2ccccc2O1.I. The lowest BCUT2D eigenvalue weighted by molar-refractivity contribution is -0.0136. The van der Waals surface area contributed by atoms with Crippen molar-refractivity contribution in [2.75, 3.05) is 46.4 Å². The molecule has 25 heavy (non-hydrogen) atoms. The van der Waals surface area contributed by atoms with Crippen LogP contribution in [0.5, 0.6) is 5.75 Å². The number of aliphatic imine (C=N–C) groups is 1. The minimum Gasteiger partial charge on any atom is -0.488 e. The third kappa shape index (κ3) is 6.00. The third-order valence-electron chi connectivity index (χ3n) is 4.35. The molecule has 7 heteroatoms. The van der Waals surface area contributed by atoms with E-state index in [-0.39, 0.29) is 36.2 Å². The first-order valence-electron chi connectivity index (χ1n) is 8.81. The topological polar surface area (TPSA) is 58.1 Å². The standard InChI is InChI=1S/C18H28N4O2.HI/c1-3-19-18(21-12-16-13-22(2)8-9-23-16)20-11-15-10-14-6-4-5-7-17(14)24-15;/h4-7,15-16H,3,8-13H2,1-2H3,(H2,19,20,21);1H. The molecule has 0 aromatic heterocycles. The van der Waals surface area contributed by atoms with Crippen LogP contribution in [-0.4, -0.2) is 69.4 Å². The highest BCUT2D eigenvalue weighted by Crippen LogP contribution is 2.27. The molecule has 0 saturated carbocycles. The molecule has 6 nitrogen and oxygen atoms in total. The van der Waals surface area contributed by atoms with Crippen molar-refractivity contribution in [1.82, 2.24) is 15.5 Å². The van der Waals surface area contributed by atoms with Gasteiger partial charge >= 0.3 is 0 Å². The van der Waals surface area contributed by atoms with E-state index in [2.05, 4.69) is 46.6 Å². The van der Waals surface area contributed by atoms with Crippen LogP contribution in [0.3, 0.4) is 0 Å². The summed E-state index contributed by atoms with van der Waals surface area (Å²) in [6.45, 7) is 7.04. The van der Waals surface area contributed by atoms with Crippen LogP contribution in [0.2, 0.25) is 0 Å². The lowest BCUT2D eigenvalue weighted by Crippen LogP contribution is -2.44. The zero-order valence-electron chi connectivity index (χ0n) is 15.0. The summed E-state index contributed by atoms with van der Waals surface area (Å²) in [7, 11) is 2.12. The van der Waals surface area contributed by atoms with Gasteiger partial charge < -0.3 is 25.0 Å². The third-order valence-corrected chi connectivity index (χ3v) is 4.35. The predicted molar refractivity (Wildman–Crippen MR) is 111 cm³/mol. The summed E-state index contributed by atoms with van der Waals surface area (Å²) in [5, 5.41) is 6.69. The molecule has 0 spiro atoms. The fourth-order valence-electron chi connectivity index (χ4n) is 3.09. The molecule has 1 saturated heterocycles. The molecule has 2 heterocycles. The lowest BCUT2D eigenvalue weighted by atomic mass is 10.1. The van der Waals surface area contributed by atoms with Crippen molar-refractivity contribution in [3.63, 3.8) is 0 Å². The van der Waals surface area contributed by atoms with E-state index in [1.807, 2.05) is 12.1 Å². The van der Waals surface area contributed by atoms with Crippen LogP contribution in [0.25, 0.3) is 0 Å². The van der Waals surface area contributed by atoms with Crippen LogP contribution < -0.4 is 15.4 Å². The van der Waals surface area contributed by atoms with Gasteiger partial charge in [-0.05, 0) is 25.6 Å². The van der Waals surface area contributed by atoms with E-state index < -0.39 is 0 Å². The second kappa shape index (κ2) is 10.2. The first-order valence-corrected chi connectivity index (χ1v) is 8.81. The van der Waals surface area contributed by atoms with Gasteiger partial charge in [0, 0.05) is 26.1 Å². The Labute approximate surface area is 167 Å². The van der Waals surface area contributed by atoms with Crippen molar-refractivity contribution in [2.45, 2.75) is 25.6 Å². The highest BCUT2D eigenvalue weighted by Gasteiger charge is 2.22. The Hall–Kier alpha value is -1.06. The summed E-state index contributed by atoms with van der Waals surface area (Å²) in [6.07, 6.45) is 1.27. The molecule has 0 amide bonds. The number of fused-ring (bicyclic) bond motifs is 1. The number of morpholine rings is 1. The Morgan fingerprint density at radius 1 is 1.28 bits per heavy atom. The largest absolute Gasteiger partial charge is 0.488 e. The van der Waals surface area contributed by atoms with Gasteiger partial charge in [0.1, 0.15) is 11.9 Å². The van der Waals surface area contributed by atoms with E-state index >= 15 is 0 Å². The van der Waals surface area contributed by atoms with Crippen molar-refractivity contribution in [2.24, 2.45) is 4.99 Å². The quantitative estimate of drug-likeness (QED) is 0.396. The minimum absolute atomic E-state index is 0. The number of para-hydroxylation sites is 1. The van der Waals surface area contributed by atoms with E-state index in [9.17, 15) is 0 Å². The van der Waals surface area contributed by atoms with Crippen molar-refractivity contribution in [3.05, 3.63) is 29.8 Å². The summed E-state index contributed by atoms with van der Waals surface area (Å²) in [5.41, 5.74) is 1.28. The molecule has 1 aromatic rings. The molecule has 2 unspecified atom stereocenters. The number of benzene rings is 1. The molecule has 3 rings (SSSR count). The summed E-state index contributed by atoms with van der Waals surface area (Å²) >= 11 is 0. The van der Waals surface area contributed by atoms with Crippen molar-refractivity contribution >= 4 is 29.9 Å².